The quantitative estimate of drug-likeness (QED) is 0.777. The third-order valence-corrected chi connectivity index (χ3v) is 4.46. The molecule has 18 heavy (non-hydrogen) atoms. The van der Waals surface area contributed by atoms with Gasteiger partial charge in [0.1, 0.15) is 0 Å². The first-order valence-corrected chi connectivity index (χ1v) is 7.28. The molecule has 0 aromatic rings. The van der Waals surface area contributed by atoms with E-state index in [0.29, 0.717) is 5.92 Å². The maximum Gasteiger partial charge on any atom is 0.0590 e. The number of aliphatic hydroxyl groups excluding tert-OH is 1. The first kappa shape index (κ1) is 14.3. The molecule has 106 valence electrons. The van der Waals surface area contributed by atoms with Crippen LogP contribution in [-0.2, 0) is 4.74 Å². The summed E-state index contributed by atoms with van der Waals surface area (Å²) in [7, 11) is 2.03. The summed E-state index contributed by atoms with van der Waals surface area (Å²) >= 11 is 0. The molecule has 0 aliphatic carbocycles. The number of hydrogen-bond acceptors (Lipinski definition) is 4. The Balaban J connectivity index is 1.92. The molecule has 2 N–H and O–H groups in total. The lowest BCUT2D eigenvalue weighted by atomic mass is 9.81. The van der Waals surface area contributed by atoms with Crippen molar-refractivity contribution in [2.75, 3.05) is 46.4 Å². The molecule has 0 bridgehead atoms. The Morgan fingerprint density at radius 3 is 2.94 bits per heavy atom. The number of rotatable bonds is 4. The maximum atomic E-state index is 9.81. The largest absolute Gasteiger partial charge is 0.393 e. The topological polar surface area (TPSA) is 44.7 Å². The number of likely N-dealkylation sites (tertiary alicyclic amines) is 1. The second-order valence-corrected chi connectivity index (χ2v) is 6.25. The standard InChI is InChI=1S/C14H28N2O2/c1-12-8-16(6-4-13(12)17)10-14(9-15-2)5-3-7-18-11-14/h12-13,15,17H,3-11H2,1-2H3. The van der Waals surface area contributed by atoms with Crippen LogP contribution in [0.15, 0.2) is 0 Å². The van der Waals surface area contributed by atoms with Crippen molar-refractivity contribution >= 4 is 0 Å². The van der Waals surface area contributed by atoms with Crippen LogP contribution >= 0.6 is 0 Å². The highest BCUT2D eigenvalue weighted by Gasteiger charge is 2.36. The number of hydrogen-bond donors (Lipinski definition) is 2. The Morgan fingerprint density at radius 2 is 2.33 bits per heavy atom. The van der Waals surface area contributed by atoms with Gasteiger partial charge in [0, 0.05) is 38.2 Å². The Hall–Kier alpha value is -0.160. The lowest BCUT2D eigenvalue weighted by Gasteiger charge is -2.43. The van der Waals surface area contributed by atoms with E-state index in [0.717, 1.165) is 45.8 Å². The molecule has 0 aromatic heterocycles. The highest BCUT2D eigenvalue weighted by atomic mass is 16.5. The fourth-order valence-electron chi connectivity index (χ4n) is 3.44. The van der Waals surface area contributed by atoms with Gasteiger partial charge in [0.15, 0.2) is 0 Å². The predicted octanol–water partition coefficient (Wildman–Crippen LogP) is 0.705. The van der Waals surface area contributed by atoms with Gasteiger partial charge in [-0.3, -0.25) is 0 Å². The Bertz CT molecular complexity index is 249. The molecule has 3 atom stereocenters. The molecule has 2 aliphatic rings. The summed E-state index contributed by atoms with van der Waals surface area (Å²) in [6.45, 7) is 8.12. The van der Waals surface area contributed by atoms with Crippen molar-refractivity contribution in [1.82, 2.24) is 10.2 Å². The second kappa shape index (κ2) is 6.33. The second-order valence-electron chi connectivity index (χ2n) is 6.25. The number of ether oxygens (including phenoxy) is 1. The van der Waals surface area contributed by atoms with Gasteiger partial charge in [-0.2, -0.15) is 0 Å². The summed E-state index contributed by atoms with van der Waals surface area (Å²) in [6, 6.07) is 0. The molecule has 2 aliphatic heterocycles. The van der Waals surface area contributed by atoms with Crippen LogP contribution in [0.4, 0.5) is 0 Å². The first-order valence-electron chi connectivity index (χ1n) is 7.28. The average molecular weight is 256 g/mol. The fraction of sp³-hybridized carbons (Fsp3) is 1.00. The first-order chi connectivity index (χ1) is 8.65. The molecule has 0 saturated carbocycles. The van der Waals surface area contributed by atoms with Crippen molar-refractivity contribution in [3.05, 3.63) is 0 Å². The van der Waals surface area contributed by atoms with Gasteiger partial charge in [0.25, 0.3) is 0 Å². The van der Waals surface area contributed by atoms with Crippen LogP contribution in [0.1, 0.15) is 26.2 Å². The highest BCUT2D eigenvalue weighted by molar-refractivity contribution is 4.89. The van der Waals surface area contributed by atoms with Crippen molar-refractivity contribution in [3.8, 4) is 0 Å². The van der Waals surface area contributed by atoms with Gasteiger partial charge in [0.05, 0.1) is 12.7 Å². The summed E-state index contributed by atoms with van der Waals surface area (Å²) < 4.78 is 5.71. The van der Waals surface area contributed by atoms with E-state index in [1.807, 2.05) is 7.05 Å². The molecule has 2 heterocycles. The fourth-order valence-corrected chi connectivity index (χ4v) is 3.44. The summed E-state index contributed by atoms with van der Waals surface area (Å²) in [5.41, 5.74) is 0.273. The molecule has 0 aromatic carbocycles. The van der Waals surface area contributed by atoms with E-state index in [-0.39, 0.29) is 11.5 Å². The Labute approximate surface area is 111 Å². The minimum absolute atomic E-state index is 0.107. The molecule has 4 heteroatoms. The maximum absolute atomic E-state index is 9.81. The molecule has 3 unspecified atom stereocenters. The van der Waals surface area contributed by atoms with E-state index in [1.165, 1.54) is 12.8 Å². The van der Waals surface area contributed by atoms with Crippen LogP contribution < -0.4 is 5.32 Å². The van der Waals surface area contributed by atoms with E-state index in [9.17, 15) is 5.11 Å². The zero-order valence-corrected chi connectivity index (χ0v) is 11.8. The van der Waals surface area contributed by atoms with Gasteiger partial charge in [-0.05, 0) is 32.2 Å². The molecular weight excluding hydrogens is 228 g/mol. The SMILES string of the molecule is CNCC1(CN2CCC(O)C(C)C2)CCCOC1. The minimum atomic E-state index is -0.107. The highest BCUT2D eigenvalue weighted by Crippen LogP contribution is 2.30. The zero-order chi connectivity index (χ0) is 13.0. The molecule has 2 saturated heterocycles. The molecule has 0 amide bonds. The van der Waals surface area contributed by atoms with Crippen molar-refractivity contribution in [2.24, 2.45) is 11.3 Å². The molecular formula is C14H28N2O2. The average Bonchev–Trinajstić information content (AvgIpc) is 2.35. The Kier molecular flexibility index (Phi) is 5.01. The molecule has 2 fully saturated rings. The molecule has 0 spiro atoms. The smallest absolute Gasteiger partial charge is 0.0590 e. The van der Waals surface area contributed by atoms with Crippen LogP contribution in [-0.4, -0.2) is 62.6 Å². The van der Waals surface area contributed by atoms with Gasteiger partial charge >= 0.3 is 0 Å². The van der Waals surface area contributed by atoms with E-state index in [2.05, 4.69) is 17.1 Å². The van der Waals surface area contributed by atoms with Crippen LogP contribution in [0.3, 0.4) is 0 Å². The van der Waals surface area contributed by atoms with E-state index < -0.39 is 0 Å². The third kappa shape index (κ3) is 3.44. The molecule has 2 rings (SSSR count). The van der Waals surface area contributed by atoms with Gasteiger partial charge in [0.2, 0.25) is 0 Å². The van der Waals surface area contributed by atoms with Gasteiger partial charge in [-0.15, -0.1) is 0 Å². The molecule has 0 radical (unpaired) electrons. The number of nitrogens with one attached hydrogen (secondary N) is 1. The van der Waals surface area contributed by atoms with Gasteiger partial charge < -0.3 is 20.1 Å². The van der Waals surface area contributed by atoms with Gasteiger partial charge in [-0.1, -0.05) is 6.92 Å². The van der Waals surface area contributed by atoms with Crippen molar-refractivity contribution in [3.63, 3.8) is 0 Å². The third-order valence-electron chi connectivity index (χ3n) is 4.46. The van der Waals surface area contributed by atoms with Crippen LogP contribution in [0.2, 0.25) is 0 Å². The van der Waals surface area contributed by atoms with Crippen LogP contribution in [0.25, 0.3) is 0 Å². The van der Waals surface area contributed by atoms with Crippen molar-refractivity contribution < 1.29 is 9.84 Å². The van der Waals surface area contributed by atoms with E-state index >= 15 is 0 Å². The van der Waals surface area contributed by atoms with E-state index in [4.69, 9.17) is 4.74 Å². The normalized spacial score (nSPS) is 38.8. The van der Waals surface area contributed by atoms with E-state index in [1.54, 1.807) is 0 Å². The van der Waals surface area contributed by atoms with Crippen molar-refractivity contribution in [2.45, 2.75) is 32.3 Å². The molecule has 4 nitrogen and oxygen atoms in total. The summed E-state index contributed by atoms with van der Waals surface area (Å²) in [5, 5.41) is 13.1. The van der Waals surface area contributed by atoms with Crippen LogP contribution in [0, 0.1) is 11.3 Å². The predicted molar refractivity (Wildman–Crippen MR) is 72.6 cm³/mol. The number of nitrogens with zero attached hydrogens (tertiary/aromatic N) is 1. The lowest BCUT2D eigenvalue weighted by Crippen LogP contribution is -2.52. The monoisotopic (exact) mass is 256 g/mol. The summed E-state index contributed by atoms with van der Waals surface area (Å²) in [6.07, 6.45) is 3.23. The summed E-state index contributed by atoms with van der Waals surface area (Å²) in [4.78, 5) is 2.52. The summed E-state index contributed by atoms with van der Waals surface area (Å²) in [5.74, 6) is 0.398. The lowest BCUT2D eigenvalue weighted by molar-refractivity contribution is -0.0429. The zero-order valence-electron chi connectivity index (χ0n) is 11.8. The van der Waals surface area contributed by atoms with Gasteiger partial charge in [-0.25, -0.2) is 0 Å². The Morgan fingerprint density at radius 1 is 1.50 bits per heavy atom. The van der Waals surface area contributed by atoms with Crippen molar-refractivity contribution in [1.29, 1.82) is 0 Å². The van der Waals surface area contributed by atoms with Crippen LogP contribution in [0.5, 0.6) is 0 Å². The number of aliphatic hydroxyl groups is 1. The minimum Gasteiger partial charge on any atom is -0.393 e. The number of piperidine rings is 1.